The Balaban J connectivity index is 2.18. The lowest BCUT2D eigenvalue weighted by molar-refractivity contribution is -0.122. The molecule has 1 amide bonds. The zero-order valence-corrected chi connectivity index (χ0v) is 8.44. The molecule has 0 saturated heterocycles. The van der Waals surface area contributed by atoms with Crippen molar-refractivity contribution in [1.29, 1.82) is 0 Å². The van der Waals surface area contributed by atoms with Crippen LogP contribution in [0.4, 0.5) is 0 Å². The minimum atomic E-state index is -0.375. The zero-order chi connectivity index (χ0) is 10.4. The predicted molar refractivity (Wildman–Crippen MR) is 55.7 cm³/mol. The molecule has 1 heterocycles. The van der Waals surface area contributed by atoms with Gasteiger partial charge in [-0.05, 0) is 18.6 Å². The van der Waals surface area contributed by atoms with Crippen LogP contribution in [0, 0.1) is 0 Å². The van der Waals surface area contributed by atoms with Gasteiger partial charge in [0.05, 0.1) is 6.04 Å². The van der Waals surface area contributed by atoms with E-state index in [0.717, 1.165) is 6.54 Å². The number of carbonyl (C=O) groups excluding carboxylic acids is 1. The zero-order valence-electron chi connectivity index (χ0n) is 8.44. The fourth-order valence-electron chi connectivity index (χ4n) is 1.14. The van der Waals surface area contributed by atoms with Crippen LogP contribution >= 0.6 is 0 Å². The maximum atomic E-state index is 11.3. The molecule has 0 aliphatic carbocycles. The van der Waals surface area contributed by atoms with Crippen LogP contribution in [0.1, 0.15) is 13.3 Å². The average Bonchev–Trinajstić information content (AvgIpc) is 2.69. The van der Waals surface area contributed by atoms with Gasteiger partial charge in [0.2, 0.25) is 5.91 Å². The van der Waals surface area contributed by atoms with E-state index < -0.39 is 0 Å². The smallest absolute Gasteiger partial charge is 0.236 e. The third-order valence-corrected chi connectivity index (χ3v) is 2.11. The summed E-state index contributed by atoms with van der Waals surface area (Å²) < 4.78 is 2.01. The van der Waals surface area contributed by atoms with Crippen molar-refractivity contribution in [2.45, 2.75) is 25.9 Å². The van der Waals surface area contributed by atoms with Crippen LogP contribution < -0.4 is 11.1 Å². The highest BCUT2D eigenvalue weighted by molar-refractivity contribution is 5.81. The molecule has 3 N–H and O–H groups in total. The number of amides is 1. The average molecular weight is 195 g/mol. The van der Waals surface area contributed by atoms with Crippen molar-refractivity contribution in [2.75, 3.05) is 6.54 Å². The Hall–Kier alpha value is -1.29. The van der Waals surface area contributed by atoms with E-state index >= 15 is 0 Å². The number of rotatable bonds is 5. The van der Waals surface area contributed by atoms with Crippen molar-refractivity contribution < 1.29 is 4.79 Å². The third-order valence-electron chi connectivity index (χ3n) is 2.11. The monoisotopic (exact) mass is 195 g/mol. The van der Waals surface area contributed by atoms with Crippen LogP contribution in [-0.2, 0) is 11.3 Å². The number of aromatic nitrogens is 1. The van der Waals surface area contributed by atoms with Crippen molar-refractivity contribution >= 4 is 5.91 Å². The Labute approximate surface area is 84.1 Å². The molecule has 78 valence electrons. The molecule has 1 rings (SSSR count). The highest BCUT2D eigenvalue weighted by Crippen LogP contribution is 1.89. The number of carbonyl (C=O) groups is 1. The summed E-state index contributed by atoms with van der Waals surface area (Å²) in [7, 11) is 0. The fourth-order valence-corrected chi connectivity index (χ4v) is 1.14. The number of nitrogens with zero attached hydrogens (tertiary/aromatic N) is 1. The SMILES string of the molecule is CC[C@H](N)C(=O)NCCn1cccc1. The largest absolute Gasteiger partial charge is 0.353 e. The molecule has 0 spiro atoms. The van der Waals surface area contributed by atoms with Gasteiger partial charge in [-0.1, -0.05) is 6.92 Å². The van der Waals surface area contributed by atoms with Crippen LogP contribution in [0.5, 0.6) is 0 Å². The van der Waals surface area contributed by atoms with Crippen LogP contribution in [0.25, 0.3) is 0 Å². The molecule has 0 aromatic carbocycles. The summed E-state index contributed by atoms with van der Waals surface area (Å²) in [6, 6.07) is 3.54. The Morgan fingerprint density at radius 3 is 2.71 bits per heavy atom. The molecular formula is C10H17N3O. The Bertz CT molecular complexity index is 269. The first-order valence-electron chi connectivity index (χ1n) is 4.88. The standard InChI is InChI=1S/C10H17N3O/c1-2-9(11)10(14)12-5-8-13-6-3-4-7-13/h3-4,6-7,9H,2,5,8,11H2,1H3,(H,12,14)/t9-/m0/s1. The second kappa shape index (κ2) is 5.44. The molecule has 14 heavy (non-hydrogen) atoms. The number of hydrogen-bond acceptors (Lipinski definition) is 2. The van der Waals surface area contributed by atoms with Gasteiger partial charge in [0, 0.05) is 25.5 Å². The maximum absolute atomic E-state index is 11.3. The van der Waals surface area contributed by atoms with Gasteiger partial charge in [-0.25, -0.2) is 0 Å². The topological polar surface area (TPSA) is 60.1 Å². The first kappa shape index (κ1) is 10.8. The summed E-state index contributed by atoms with van der Waals surface area (Å²) in [5.74, 6) is -0.0698. The normalized spacial score (nSPS) is 12.4. The summed E-state index contributed by atoms with van der Waals surface area (Å²) >= 11 is 0. The van der Waals surface area contributed by atoms with Crippen LogP contribution in [0.3, 0.4) is 0 Å². The number of nitrogens with two attached hydrogens (primary N) is 1. The van der Waals surface area contributed by atoms with E-state index in [0.29, 0.717) is 13.0 Å². The minimum absolute atomic E-state index is 0.0698. The molecule has 0 fully saturated rings. The lowest BCUT2D eigenvalue weighted by atomic mass is 10.2. The molecule has 0 unspecified atom stereocenters. The van der Waals surface area contributed by atoms with Crippen molar-refractivity contribution in [3.05, 3.63) is 24.5 Å². The lowest BCUT2D eigenvalue weighted by Crippen LogP contribution is -2.41. The first-order valence-corrected chi connectivity index (χ1v) is 4.88. The summed E-state index contributed by atoms with van der Waals surface area (Å²) in [5, 5.41) is 2.79. The van der Waals surface area contributed by atoms with Gasteiger partial charge < -0.3 is 15.6 Å². The third kappa shape index (κ3) is 3.22. The Morgan fingerprint density at radius 1 is 1.50 bits per heavy atom. The molecule has 0 bridgehead atoms. The predicted octanol–water partition coefficient (Wildman–Crippen LogP) is 0.342. The quantitative estimate of drug-likeness (QED) is 0.712. The molecular weight excluding hydrogens is 178 g/mol. The van der Waals surface area contributed by atoms with Gasteiger partial charge in [-0.3, -0.25) is 4.79 Å². The molecule has 0 aliphatic rings. The van der Waals surface area contributed by atoms with Crippen molar-refractivity contribution in [2.24, 2.45) is 5.73 Å². The van der Waals surface area contributed by atoms with E-state index in [-0.39, 0.29) is 11.9 Å². The van der Waals surface area contributed by atoms with E-state index in [4.69, 9.17) is 5.73 Å². The lowest BCUT2D eigenvalue weighted by Gasteiger charge is -2.10. The fraction of sp³-hybridized carbons (Fsp3) is 0.500. The van der Waals surface area contributed by atoms with E-state index in [9.17, 15) is 4.79 Å². The molecule has 4 nitrogen and oxygen atoms in total. The molecule has 0 aliphatic heterocycles. The molecule has 1 atom stereocenters. The highest BCUT2D eigenvalue weighted by Gasteiger charge is 2.08. The molecule has 4 heteroatoms. The Morgan fingerprint density at radius 2 is 2.14 bits per heavy atom. The van der Waals surface area contributed by atoms with Crippen LogP contribution in [0.15, 0.2) is 24.5 Å². The van der Waals surface area contributed by atoms with Gasteiger partial charge in [-0.15, -0.1) is 0 Å². The number of nitrogens with one attached hydrogen (secondary N) is 1. The molecule has 0 radical (unpaired) electrons. The van der Waals surface area contributed by atoms with Crippen molar-refractivity contribution in [3.8, 4) is 0 Å². The molecule has 0 saturated carbocycles. The Kier molecular flexibility index (Phi) is 4.19. The van der Waals surface area contributed by atoms with E-state index in [1.54, 1.807) is 0 Å². The molecule has 1 aromatic rings. The molecule has 1 aromatic heterocycles. The van der Waals surface area contributed by atoms with E-state index in [1.165, 1.54) is 0 Å². The van der Waals surface area contributed by atoms with Gasteiger partial charge in [0.25, 0.3) is 0 Å². The summed E-state index contributed by atoms with van der Waals surface area (Å²) in [4.78, 5) is 11.3. The minimum Gasteiger partial charge on any atom is -0.353 e. The summed E-state index contributed by atoms with van der Waals surface area (Å²) in [6.07, 6.45) is 4.60. The van der Waals surface area contributed by atoms with Gasteiger partial charge in [-0.2, -0.15) is 0 Å². The van der Waals surface area contributed by atoms with Gasteiger partial charge in [0.15, 0.2) is 0 Å². The van der Waals surface area contributed by atoms with Crippen molar-refractivity contribution in [1.82, 2.24) is 9.88 Å². The van der Waals surface area contributed by atoms with E-state index in [2.05, 4.69) is 5.32 Å². The highest BCUT2D eigenvalue weighted by atomic mass is 16.2. The van der Waals surface area contributed by atoms with Crippen LogP contribution in [-0.4, -0.2) is 23.1 Å². The van der Waals surface area contributed by atoms with Gasteiger partial charge >= 0.3 is 0 Å². The second-order valence-corrected chi connectivity index (χ2v) is 3.23. The summed E-state index contributed by atoms with van der Waals surface area (Å²) in [6.45, 7) is 3.31. The van der Waals surface area contributed by atoms with Crippen LogP contribution in [0.2, 0.25) is 0 Å². The first-order chi connectivity index (χ1) is 6.74. The van der Waals surface area contributed by atoms with Gasteiger partial charge in [0.1, 0.15) is 0 Å². The maximum Gasteiger partial charge on any atom is 0.236 e. The van der Waals surface area contributed by atoms with E-state index in [1.807, 2.05) is 36.0 Å². The van der Waals surface area contributed by atoms with Crippen molar-refractivity contribution in [3.63, 3.8) is 0 Å². The number of hydrogen-bond donors (Lipinski definition) is 2. The second-order valence-electron chi connectivity index (χ2n) is 3.23. The summed E-state index contributed by atoms with van der Waals surface area (Å²) in [5.41, 5.74) is 5.56.